The lowest BCUT2D eigenvalue weighted by Gasteiger charge is -2.05. The molecule has 2 N–H and O–H groups in total. The number of ether oxygens (including phenoxy) is 1. The molecule has 0 radical (unpaired) electrons. The van der Waals surface area contributed by atoms with Crippen molar-refractivity contribution in [1.82, 2.24) is 4.98 Å². The largest absolute Gasteiger partial charge is 0.507 e. The predicted molar refractivity (Wildman–Crippen MR) is 83.2 cm³/mol. The highest BCUT2D eigenvalue weighted by Gasteiger charge is 2.14. The molecule has 7 heteroatoms. The minimum atomic E-state index is -0.446. The van der Waals surface area contributed by atoms with Gasteiger partial charge in [-0.15, -0.1) is 11.3 Å². The molecule has 22 heavy (non-hydrogen) atoms. The van der Waals surface area contributed by atoms with Gasteiger partial charge < -0.3 is 9.84 Å². The Labute approximate surface area is 131 Å². The van der Waals surface area contributed by atoms with Crippen LogP contribution in [0.2, 0.25) is 0 Å². The first-order valence-corrected chi connectivity index (χ1v) is 7.58. The first kappa shape index (κ1) is 16.0. The van der Waals surface area contributed by atoms with Crippen molar-refractivity contribution in [2.45, 2.75) is 20.3 Å². The van der Waals surface area contributed by atoms with Gasteiger partial charge in [0.05, 0.1) is 24.3 Å². The summed E-state index contributed by atoms with van der Waals surface area (Å²) in [5.41, 5.74) is 1.58. The van der Waals surface area contributed by atoms with Gasteiger partial charge in [-0.1, -0.05) is 11.6 Å². The number of thiazole rings is 1. The maximum atomic E-state index is 12.1. The second kappa shape index (κ2) is 7.04. The Morgan fingerprint density at radius 2 is 2.18 bits per heavy atom. The van der Waals surface area contributed by atoms with Crippen molar-refractivity contribution in [3.8, 4) is 5.75 Å². The number of aromatic hydroxyl groups is 1. The van der Waals surface area contributed by atoms with Gasteiger partial charge in [-0.25, -0.2) is 4.98 Å². The molecule has 1 aromatic heterocycles. The summed E-state index contributed by atoms with van der Waals surface area (Å²) in [4.78, 5) is 27.6. The molecule has 0 aliphatic carbocycles. The van der Waals surface area contributed by atoms with Crippen LogP contribution in [0.15, 0.2) is 23.6 Å². The summed E-state index contributed by atoms with van der Waals surface area (Å²) < 4.78 is 4.84. The number of carbonyl (C=O) groups is 2. The van der Waals surface area contributed by atoms with Crippen LogP contribution in [-0.4, -0.2) is 28.6 Å². The van der Waals surface area contributed by atoms with E-state index in [4.69, 9.17) is 4.74 Å². The van der Waals surface area contributed by atoms with Crippen LogP contribution in [0.25, 0.3) is 0 Å². The first-order valence-electron chi connectivity index (χ1n) is 6.70. The number of hydrogen-bond acceptors (Lipinski definition) is 6. The molecule has 2 rings (SSSR count). The summed E-state index contributed by atoms with van der Waals surface area (Å²) in [5, 5.41) is 14.4. The SMILES string of the molecule is CCOC(=O)Cc1csc(NC(=O)c2cc(C)ccc2O)n1. The van der Waals surface area contributed by atoms with Gasteiger partial charge in [-0.2, -0.15) is 0 Å². The Bertz CT molecular complexity index is 697. The van der Waals surface area contributed by atoms with Gasteiger partial charge in [-0.05, 0) is 26.0 Å². The van der Waals surface area contributed by atoms with Crippen LogP contribution in [0.5, 0.6) is 5.75 Å². The fourth-order valence-corrected chi connectivity index (χ4v) is 2.51. The zero-order valence-electron chi connectivity index (χ0n) is 12.3. The van der Waals surface area contributed by atoms with Gasteiger partial charge in [-0.3, -0.25) is 14.9 Å². The van der Waals surface area contributed by atoms with E-state index in [1.807, 2.05) is 6.92 Å². The molecular weight excluding hydrogens is 304 g/mol. The number of hydrogen-bond donors (Lipinski definition) is 2. The van der Waals surface area contributed by atoms with E-state index in [-0.39, 0.29) is 23.7 Å². The van der Waals surface area contributed by atoms with Crippen molar-refractivity contribution in [2.75, 3.05) is 11.9 Å². The summed E-state index contributed by atoms with van der Waals surface area (Å²) in [6.07, 6.45) is 0.0654. The molecule has 1 aromatic carbocycles. The van der Waals surface area contributed by atoms with Crippen molar-refractivity contribution in [3.63, 3.8) is 0 Å². The number of nitrogens with zero attached hydrogens (tertiary/aromatic N) is 1. The summed E-state index contributed by atoms with van der Waals surface area (Å²) in [7, 11) is 0. The van der Waals surface area contributed by atoms with Gasteiger partial charge in [0.25, 0.3) is 5.91 Å². The standard InChI is InChI=1S/C15H16N2O4S/c1-3-21-13(19)7-10-8-22-15(16-10)17-14(20)11-6-9(2)4-5-12(11)18/h4-6,8,18H,3,7H2,1-2H3,(H,16,17,20). The Hall–Kier alpha value is -2.41. The highest BCUT2D eigenvalue weighted by molar-refractivity contribution is 7.14. The zero-order chi connectivity index (χ0) is 16.1. The van der Waals surface area contributed by atoms with E-state index in [0.717, 1.165) is 5.56 Å². The number of esters is 1. The van der Waals surface area contributed by atoms with Crippen LogP contribution < -0.4 is 5.32 Å². The summed E-state index contributed by atoms with van der Waals surface area (Å²) in [6.45, 7) is 3.88. The summed E-state index contributed by atoms with van der Waals surface area (Å²) >= 11 is 1.21. The number of nitrogens with one attached hydrogen (secondary N) is 1. The molecule has 116 valence electrons. The fourth-order valence-electron chi connectivity index (χ4n) is 1.80. The molecule has 0 spiro atoms. The third kappa shape index (κ3) is 4.05. The van der Waals surface area contributed by atoms with Crippen LogP contribution in [-0.2, 0) is 16.0 Å². The quantitative estimate of drug-likeness (QED) is 0.826. The van der Waals surface area contributed by atoms with E-state index in [1.54, 1.807) is 24.4 Å². The lowest BCUT2D eigenvalue weighted by atomic mass is 10.1. The Balaban J connectivity index is 2.05. The maximum Gasteiger partial charge on any atom is 0.311 e. The smallest absolute Gasteiger partial charge is 0.311 e. The number of rotatable bonds is 5. The van der Waals surface area contributed by atoms with Gasteiger partial charge in [0, 0.05) is 5.38 Å². The second-order valence-corrected chi connectivity index (χ2v) is 5.46. The number of amides is 1. The molecule has 0 fully saturated rings. The minimum absolute atomic E-state index is 0.0654. The average Bonchev–Trinajstić information content (AvgIpc) is 2.88. The van der Waals surface area contributed by atoms with E-state index in [0.29, 0.717) is 17.4 Å². The van der Waals surface area contributed by atoms with E-state index in [9.17, 15) is 14.7 Å². The molecule has 0 bridgehead atoms. The average molecular weight is 320 g/mol. The first-order chi connectivity index (χ1) is 10.5. The van der Waals surface area contributed by atoms with E-state index < -0.39 is 5.91 Å². The number of aryl methyl sites for hydroxylation is 1. The Kier molecular flexibility index (Phi) is 5.11. The van der Waals surface area contributed by atoms with Crippen LogP contribution in [0.1, 0.15) is 28.5 Å². The van der Waals surface area contributed by atoms with Crippen LogP contribution in [0, 0.1) is 6.92 Å². The van der Waals surface area contributed by atoms with Crippen molar-refractivity contribution in [3.05, 3.63) is 40.4 Å². The number of aromatic nitrogens is 1. The highest BCUT2D eigenvalue weighted by atomic mass is 32.1. The lowest BCUT2D eigenvalue weighted by Crippen LogP contribution is -2.12. The predicted octanol–water partition coefficient (Wildman–Crippen LogP) is 2.52. The minimum Gasteiger partial charge on any atom is -0.507 e. The van der Waals surface area contributed by atoms with E-state index >= 15 is 0 Å². The van der Waals surface area contributed by atoms with E-state index in [2.05, 4.69) is 10.3 Å². The topological polar surface area (TPSA) is 88.5 Å². The Morgan fingerprint density at radius 1 is 1.41 bits per heavy atom. The maximum absolute atomic E-state index is 12.1. The Morgan fingerprint density at radius 3 is 2.91 bits per heavy atom. The molecule has 1 heterocycles. The third-order valence-corrected chi connectivity index (χ3v) is 3.61. The van der Waals surface area contributed by atoms with Crippen LogP contribution >= 0.6 is 11.3 Å². The molecule has 2 aromatic rings. The van der Waals surface area contributed by atoms with Gasteiger partial charge in [0.15, 0.2) is 5.13 Å². The number of benzene rings is 1. The molecule has 0 saturated carbocycles. The lowest BCUT2D eigenvalue weighted by molar-refractivity contribution is -0.142. The fraction of sp³-hybridized carbons (Fsp3) is 0.267. The van der Waals surface area contributed by atoms with Crippen molar-refractivity contribution >= 4 is 28.3 Å². The van der Waals surface area contributed by atoms with Gasteiger partial charge in [0.2, 0.25) is 0 Å². The van der Waals surface area contributed by atoms with Crippen molar-refractivity contribution < 1.29 is 19.4 Å². The highest BCUT2D eigenvalue weighted by Crippen LogP contribution is 2.21. The molecule has 0 unspecified atom stereocenters. The van der Waals surface area contributed by atoms with Gasteiger partial charge >= 0.3 is 5.97 Å². The summed E-state index contributed by atoms with van der Waals surface area (Å²) in [6, 6.07) is 4.78. The summed E-state index contributed by atoms with van der Waals surface area (Å²) in [5.74, 6) is -0.897. The third-order valence-electron chi connectivity index (χ3n) is 2.80. The molecule has 0 aliphatic heterocycles. The second-order valence-electron chi connectivity index (χ2n) is 4.60. The van der Waals surface area contributed by atoms with E-state index in [1.165, 1.54) is 17.4 Å². The van der Waals surface area contributed by atoms with Crippen molar-refractivity contribution in [2.24, 2.45) is 0 Å². The normalized spacial score (nSPS) is 10.3. The molecular formula is C15H16N2O4S. The molecule has 6 nitrogen and oxygen atoms in total. The number of phenolic OH excluding ortho intramolecular Hbond substituents is 1. The number of anilines is 1. The van der Waals surface area contributed by atoms with Crippen LogP contribution in [0.4, 0.5) is 5.13 Å². The number of phenols is 1. The van der Waals surface area contributed by atoms with Gasteiger partial charge in [0.1, 0.15) is 5.75 Å². The zero-order valence-corrected chi connectivity index (χ0v) is 13.1. The molecule has 0 atom stereocenters. The monoisotopic (exact) mass is 320 g/mol. The molecule has 0 aliphatic rings. The van der Waals surface area contributed by atoms with Crippen LogP contribution in [0.3, 0.4) is 0 Å². The number of carbonyl (C=O) groups excluding carboxylic acids is 2. The molecule has 1 amide bonds. The molecule has 0 saturated heterocycles. The van der Waals surface area contributed by atoms with Crippen molar-refractivity contribution in [1.29, 1.82) is 0 Å².